The molecule has 0 saturated carbocycles. The summed E-state index contributed by atoms with van der Waals surface area (Å²) < 4.78 is 2.05. The molecule has 0 aliphatic heterocycles. The summed E-state index contributed by atoms with van der Waals surface area (Å²) in [5, 5.41) is 12.7. The van der Waals surface area contributed by atoms with Crippen LogP contribution >= 0.6 is 11.8 Å². The first-order chi connectivity index (χ1) is 15.8. The van der Waals surface area contributed by atoms with Crippen LogP contribution < -0.4 is 5.32 Å². The molecule has 0 radical (unpaired) electrons. The van der Waals surface area contributed by atoms with Crippen LogP contribution in [0.4, 0.5) is 5.69 Å². The molecule has 1 N–H and O–H groups in total. The molecule has 0 atom stereocenters. The van der Waals surface area contributed by atoms with E-state index in [0.717, 1.165) is 45.0 Å². The minimum atomic E-state index is -0.0631. The minimum Gasteiger partial charge on any atom is -0.325 e. The van der Waals surface area contributed by atoms with E-state index in [9.17, 15) is 4.79 Å². The van der Waals surface area contributed by atoms with Crippen LogP contribution in [-0.4, -0.2) is 26.4 Å². The number of hydrogen-bond donors (Lipinski definition) is 1. The number of anilines is 1. The number of nitrogens with one attached hydrogen (secondary N) is 1. The Kier molecular flexibility index (Phi) is 6.65. The quantitative estimate of drug-likeness (QED) is 0.351. The van der Waals surface area contributed by atoms with Crippen molar-refractivity contribution in [2.24, 2.45) is 0 Å². The fourth-order valence-corrected chi connectivity index (χ4v) is 4.74. The Labute approximate surface area is 199 Å². The van der Waals surface area contributed by atoms with Crippen molar-refractivity contribution in [1.29, 1.82) is 0 Å². The highest BCUT2D eigenvalue weighted by Gasteiger charge is 2.19. The van der Waals surface area contributed by atoms with Gasteiger partial charge < -0.3 is 5.32 Å². The zero-order valence-corrected chi connectivity index (χ0v) is 20.5. The van der Waals surface area contributed by atoms with E-state index >= 15 is 0 Å². The van der Waals surface area contributed by atoms with Crippen molar-refractivity contribution in [2.45, 2.75) is 39.8 Å². The van der Waals surface area contributed by atoms with E-state index in [0.29, 0.717) is 5.16 Å². The Bertz CT molecular complexity index is 1290. The summed E-state index contributed by atoms with van der Waals surface area (Å²) >= 11 is 1.39. The monoisotopic (exact) mass is 456 g/mol. The van der Waals surface area contributed by atoms with E-state index in [4.69, 9.17) is 0 Å². The molecule has 1 heterocycles. The van der Waals surface area contributed by atoms with Gasteiger partial charge in [0.1, 0.15) is 0 Å². The maximum Gasteiger partial charge on any atom is 0.234 e. The van der Waals surface area contributed by atoms with Gasteiger partial charge in [0.2, 0.25) is 5.91 Å². The molecule has 0 aliphatic rings. The number of rotatable bonds is 6. The number of nitrogens with zero attached hydrogens (tertiary/aromatic N) is 3. The van der Waals surface area contributed by atoms with E-state index in [1.807, 2.05) is 44.2 Å². The van der Waals surface area contributed by atoms with Crippen LogP contribution in [0.3, 0.4) is 0 Å². The number of thioether (sulfide) groups is 1. The predicted molar refractivity (Wildman–Crippen MR) is 136 cm³/mol. The SMILES string of the molecule is Cc1cc(C)c(NC(=O)CSc2nnc(-c3ccccc3)n2-c2cc(C)ccc2C)c(C)c1. The zero-order valence-electron chi connectivity index (χ0n) is 19.6. The van der Waals surface area contributed by atoms with Crippen LogP contribution in [0.2, 0.25) is 0 Å². The number of carbonyl (C=O) groups is 1. The second kappa shape index (κ2) is 9.63. The molecule has 0 spiro atoms. The molecule has 5 nitrogen and oxygen atoms in total. The number of aryl methyl sites for hydroxylation is 5. The van der Waals surface area contributed by atoms with Crippen molar-refractivity contribution < 1.29 is 4.79 Å². The fraction of sp³-hybridized carbons (Fsp3) is 0.222. The van der Waals surface area contributed by atoms with Crippen molar-refractivity contribution in [3.8, 4) is 17.1 Å². The lowest BCUT2D eigenvalue weighted by atomic mass is 10.1. The van der Waals surface area contributed by atoms with Crippen molar-refractivity contribution in [3.05, 3.63) is 88.5 Å². The molecule has 4 aromatic rings. The van der Waals surface area contributed by atoms with Gasteiger partial charge in [0.15, 0.2) is 11.0 Å². The molecule has 0 aliphatic carbocycles. The summed E-state index contributed by atoms with van der Waals surface area (Å²) in [5.41, 5.74) is 8.48. The molecule has 0 unspecified atom stereocenters. The maximum atomic E-state index is 12.8. The molecule has 4 rings (SSSR count). The van der Waals surface area contributed by atoms with E-state index in [1.165, 1.54) is 17.3 Å². The third-order valence-electron chi connectivity index (χ3n) is 5.54. The lowest BCUT2D eigenvalue weighted by Crippen LogP contribution is -2.16. The molecule has 1 amide bonds. The first kappa shape index (κ1) is 22.8. The summed E-state index contributed by atoms with van der Waals surface area (Å²) in [4.78, 5) is 12.8. The maximum absolute atomic E-state index is 12.8. The smallest absolute Gasteiger partial charge is 0.234 e. The lowest BCUT2D eigenvalue weighted by Gasteiger charge is -2.15. The van der Waals surface area contributed by atoms with Gasteiger partial charge in [-0.1, -0.05) is 71.9 Å². The van der Waals surface area contributed by atoms with Gasteiger partial charge in [-0.2, -0.15) is 0 Å². The highest BCUT2D eigenvalue weighted by molar-refractivity contribution is 7.99. The van der Waals surface area contributed by atoms with Gasteiger partial charge in [-0.25, -0.2) is 0 Å². The topological polar surface area (TPSA) is 59.8 Å². The van der Waals surface area contributed by atoms with Crippen LogP contribution in [-0.2, 0) is 4.79 Å². The largest absolute Gasteiger partial charge is 0.325 e. The average molecular weight is 457 g/mol. The third kappa shape index (κ3) is 5.01. The van der Waals surface area contributed by atoms with Crippen LogP contribution in [0.15, 0.2) is 65.8 Å². The van der Waals surface area contributed by atoms with Gasteiger partial charge in [-0.15, -0.1) is 10.2 Å². The van der Waals surface area contributed by atoms with E-state index in [1.54, 1.807) is 0 Å². The number of aromatic nitrogens is 3. The van der Waals surface area contributed by atoms with E-state index < -0.39 is 0 Å². The van der Waals surface area contributed by atoms with E-state index in [2.05, 4.69) is 71.2 Å². The van der Waals surface area contributed by atoms with Gasteiger partial charge in [0.25, 0.3) is 0 Å². The molecule has 33 heavy (non-hydrogen) atoms. The summed E-state index contributed by atoms with van der Waals surface area (Å²) in [6.45, 7) is 10.2. The summed E-state index contributed by atoms with van der Waals surface area (Å²) in [6.07, 6.45) is 0. The Morgan fingerprint density at radius 2 is 1.55 bits per heavy atom. The molecule has 6 heteroatoms. The average Bonchev–Trinajstić information content (AvgIpc) is 3.21. The van der Waals surface area contributed by atoms with Crippen molar-refractivity contribution in [2.75, 3.05) is 11.1 Å². The van der Waals surface area contributed by atoms with Crippen LogP contribution in [0.1, 0.15) is 27.8 Å². The molecule has 3 aromatic carbocycles. The molecular weight excluding hydrogens is 428 g/mol. The summed E-state index contributed by atoms with van der Waals surface area (Å²) in [7, 11) is 0. The van der Waals surface area contributed by atoms with Crippen molar-refractivity contribution >= 4 is 23.4 Å². The number of hydrogen-bond acceptors (Lipinski definition) is 4. The highest BCUT2D eigenvalue weighted by Crippen LogP contribution is 2.30. The Morgan fingerprint density at radius 1 is 0.848 bits per heavy atom. The van der Waals surface area contributed by atoms with Gasteiger partial charge in [0, 0.05) is 11.3 Å². The first-order valence-corrected chi connectivity index (χ1v) is 11.9. The van der Waals surface area contributed by atoms with Gasteiger partial charge >= 0.3 is 0 Å². The summed E-state index contributed by atoms with van der Waals surface area (Å²) in [6, 6.07) is 20.5. The molecule has 0 bridgehead atoms. The molecule has 168 valence electrons. The normalized spacial score (nSPS) is 10.9. The molecule has 0 fully saturated rings. The van der Waals surface area contributed by atoms with E-state index in [-0.39, 0.29) is 11.7 Å². The molecule has 1 aromatic heterocycles. The number of amides is 1. The van der Waals surface area contributed by atoms with Crippen LogP contribution in [0.5, 0.6) is 0 Å². The minimum absolute atomic E-state index is 0.0631. The standard InChI is InChI=1S/C27H28N4OS/c1-17-11-12-19(3)23(15-17)31-26(22-9-7-6-8-10-22)29-30-27(31)33-16-24(32)28-25-20(4)13-18(2)14-21(25)5/h6-15H,16H2,1-5H3,(H,28,32). The Balaban J connectivity index is 1.64. The fourth-order valence-electron chi connectivity index (χ4n) is 4.00. The summed E-state index contributed by atoms with van der Waals surface area (Å²) in [5.74, 6) is 0.939. The second-order valence-corrected chi connectivity index (χ2v) is 9.35. The second-order valence-electron chi connectivity index (χ2n) is 8.41. The first-order valence-electron chi connectivity index (χ1n) is 10.9. The highest BCUT2D eigenvalue weighted by atomic mass is 32.2. The number of benzene rings is 3. The zero-order chi connectivity index (χ0) is 23.5. The third-order valence-corrected chi connectivity index (χ3v) is 6.47. The Hall–Kier alpha value is -3.38. The van der Waals surface area contributed by atoms with Gasteiger partial charge in [0.05, 0.1) is 11.4 Å². The molecular formula is C27H28N4OS. The number of carbonyl (C=O) groups excluding carboxylic acids is 1. The van der Waals surface area contributed by atoms with Crippen molar-refractivity contribution in [3.63, 3.8) is 0 Å². The Morgan fingerprint density at radius 3 is 2.24 bits per heavy atom. The van der Waals surface area contributed by atoms with Crippen LogP contribution in [0.25, 0.3) is 17.1 Å². The molecule has 0 saturated heterocycles. The van der Waals surface area contributed by atoms with Crippen LogP contribution in [0, 0.1) is 34.6 Å². The van der Waals surface area contributed by atoms with Gasteiger partial charge in [-0.05, 0) is 62.9 Å². The lowest BCUT2D eigenvalue weighted by molar-refractivity contribution is -0.113. The van der Waals surface area contributed by atoms with Gasteiger partial charge in [-0.3, -0.25) is 9.36 Å². The predicted octanol–water partition coefficient (Wildman–Crippen LogP) is 6.21. The van der Waals surface area contributed by atoms with Crippen molar-refractivity contribution in [1.82, 2.24) is 14.8 Å².